The second-order valence-corrected chi connectivity index (χ2v) is 10.1. The molecule has 0 aromatic heterocycles. The van der Waals surface area contributed by atoms with E-state index < -0.39 is 0 Å². The minimum Gasteiger partial charge on any atom is -0.315 e. The summed E-state index contributed by atoms with van der Waals surface area (Å²) in [5, 5.41) is 0. The Morgan fingerprint density at radius 2 is 0.875 bits per heavy atom. The van der Waals surface area contributed by atoms with E-state index in [2.05, 4.69) is 113 Å². The molecular formula is C30H42N2+2. The predicted octanol–water partition coefficient (Wildman–Crippen LogP) is 5.89. The Bertz CT molecular complexity index is 812. The lowest BCUT2D eigenvalue weighted by Gasteiger charge is -2.27. The number of nitrogens with zero attached hydrogens (tertiary/aromatic N) is 2. The molecule has 2 nitrogen and oxygen atoms in total. The standard InChI is InChI=1S/C30H42N2/c1-31(2,27-29-21-15-13-16-22-29)25-19-11-9-7-5-6-8-10-12-20-26-32(3,4)28-30-23-17-14-18-24-30/h13-18,21-24H,5-10,25-28H2,1-4H3/q+2. The summed E-state index contributed by atoms with van der Waals surface area (Å²) in [6.45, 7) is 3.87. The smallest absolute Gasteiger partial charge is 0.140 e. The van der Waals surface area contributed by atoms with Gasteiger partial charge in [0.25, 0.3) is 0 Å². The molecule has 2 rings (SSSR count). The van der Waals surface area contributed by atoms with Crippen LogP contribution in [0.15, 0.2) is 60.7 Å². The quantitative estimate of drug-likeness (QED) is 0.237. The summed E-state index contributed by atoms with van der Waals surface area (Å²) < 4.78 is 1.83. The van der Waals surface area contributed by atoms with Gasteiger partial charge in [-0.2, -0.15) is 0 Å². The average molecular weight is 431 g/mol. The van der Waals surface area contributed by atoms with Gasteiger partial charge in [-0.3, -0.25) is 0 Å². The van der Waals surface area contributed by atoms with Gasteiger partial charge in [-0.15, -0.1) is 0 Å². The van der Waals surface area contributed by atoms with Gasteiger partial charge in [0.05, 0.1) is 28.2 Å². The van der Waals surface area contributed by atoms with Gasteiger partial charge >= 0.3 is 0 Å². The molecule has 0 saturated carbocycles. The van der Waals surface area contributed by atoms with E-state index >= 15 is 0 Å². The highest BCUT2D eigenvalue weighted by molar-refractivity contribution is 5.14. The highest BCUT2D eigenvalue weighted by Crippen LogP contribution is 2.10. The van der Waals surface area contributed by atoms with Gasteiger partial charge in [0, 0.05) is 24.0 Å². The number of benzene rings is 2. The first-order valence-corrected chi connectivity index (χ1v) is 12.0. The molecule has 0 heterocycles. The lowest BCUT2D eigenvalue weighted by atomic mass is 10.1. The van der Waals surface area contributed by atoms with Crippen molar-refractivity contribution >= 4 is 0 Å². The molecule has 0 fully saturated rings. The molecule has 0 N–H and O–H groups in total. The molecule has 2 aromatic rings. The third kappa shape index (κ3) is 11.8. The van der Waals surface area contributed by atoms with Gasteiger partial charge in [-0.25, -0.2) is 0 Å². The second-order valence-electron chi connectivity index (χ2n) is 10.1. The topological polar surface area (TPSA) is 0 Å². The minimum absolute atomic E-state index is 0.906. The van der Waals surface area contributed by atoms with Crippen molar-refractivity contribution in [3.05, 3.63) is 71.8 Å². The van der Waals surface area contributed by atoms with E-state index in [0.29, 0.717) is 0 Å². The monoisotopic (exact) mass is 430 g/mol. The minimum atomic E-state index is 0.906. The molecule has 32 heavy (non-hydrogen) atoms. The maximum absolute atomic E-state index is 3.39. The third-order valence-electron chi connectivity index (χ3n) is 5.52. The van der Waals surface area contributed by atoms with Gasteiger partial charge in [0.1, 0.15) is 26.2 Å². The van der Waals surface area contributed by atoms with E-state index in [9.17, 15) is 0 Å². The van der Waals surface area contributed by atoms with Crippen LogP contribution in [0.5, 0.6) is 0 Å². The summed E-state index contributed by atoms with van der Waals surface area (Å²) in [5.41, 5.74) is 2.75. The van der Waals surface area contributed by atoms with Gasteiger partial charge in [0.15, 0.2) is 0 Å². The Hall–Kier alpha value is -2.52. The first-order chi connectivity index (χ1) is 15.4. The normalized spacial score (nSPS) is 11.2. The van der Waals surface area contributed by atoms with Crippen molar-refractivity contribution in [2.24, 2.45) is 0 Å². The molecule has 0 amide bonds. The molecule has 0 spiro atoms. The number of hydrogen-bond donors (Lipinski definition) is 0. The highest BCUT2D eigenvalue weighted by atomic mass is 15.3. The van der Waals surface area contributed by atoms with Gasteiger partial charge < -0.3 is 8.97 Å². The van der Waals surface area contributed by atoms with Crippen LogP contribution in [0.2, 0.25) is 0 Å². The van der Waals surface area contributed by atoms with Crippen LogP contribution >= 0.6 is 0 Å². The lowest BCUT2D eigenvalue weighted by Crippen LogP contribution is -2.38. The number of unbranched alkanes of at least 4 members (excludes halogenated alkanes) is 5. The molecule has 0 aliphatic rings. The summed E-state index contributed by atoms with van der Waals surface area (Å²) in [6.07, 6.45) is 6.95. The van der Waals surface area contributed by atoms with Gasteiger partial charge in [-0.05, 0) is 24.7 Å². The fourth-order valence-electron chi connectivity index (χ4n) is 3.76. The maximum atomic E-state index is 3.39. The van der Waals surface area contributed by atoms with Crippen molar-refractivity contribution in [3.8, 4) is 23.7 Å². The molecule has 0 radical (unpaired) electrons. The molecule has 0 aliphatic carbocycles. The van der Waals surface area contributed by atoms with Crippen LogP contribution < -0.4 is 0 Å². The number of rotatable bonds is 11. The predicted molar refractivity (Wildman–Crippen MR) is 137 cm³/mol. The van der Waals surface area contributed by atoms with Crippen molar-refractivity contribution in [2.45, 2.75) is 51.6 Å². The zero-order valence-corrected chi connectivity index (χ0v) is 20.7. The molecule has 0 saturated heterocycles. The summed E-state index contributed by atoms with van der Waals surface area (Å²) in [5.74, 6) is 13.5. The summed E-state index contributed by atoms with van der Waals surface area (Å²) in [4.78, 5) is 0. The Kier molecular flexibility index (Phi) is 11.1. The van der Waals surface area contributed by atoms with Crippen LogP contribution in [-0.2, 0) is 13.1 Å². The highest BCUT2D eigenvalue weighted by Gasteiger charge is 2.14. The molecular weight excluding hydrogens is 388 g/mol. The van der Waals surface area contributed by atoms with Gasteiger partial charge in [-0.1, -0.05) is 85.3 Å². The van der Waals surface area contributed by atoms with Crippen LogP contribution in [0.4, 0.5) is 0 Å². The Labute approximate surface area is 197 Å². The van der Waals surface area contributed by atoms with E-state index in [1.165, 1.54) is 36.8 Å². The zero-order valence-electron chi connectivity index (χ0n) is 20.7. The van der Waals surface area contributed by atoms with Crippen LogP contribution in [0, 0.1) is 23.7 Å². The third-order valence-corrected chi connectivity index (χ3v) is 5.52. The van der Waals surface area contributed by atoms with E-state index in [4.69, 9.17) is 0 Å². The molecule has 0 aliphatic heterocycles. The molecule has 0 unspecified atom stereocenters. The van der Waals surface area contributed by atoms with Crippen LogP contribution in [0.1, 0.15) is 49.7 Å². The Morgan fingerprint density at radius 1 is 0.500 bits per heavy atom. The van der Waals surface area contributed by atoms with E-state index in [0.717, 1.165) is 48.0 Å². The summed E-state index contributed by atoms with van der Waals surface area (Å²) in [7, 11) is 9.02. The van der Waals surface area contributed by atoms with E-state index in [-0.39, 0.29) is 0 Å². The van der Waals surface area contributed by atoms with Crippen molar-refractivity contribution in [2.75, 3.05) is 41.3 Å². The van der Waals surface area contributed by atoms with Crippen LogP contribution in [0.25, 0.3) is 0 Å². The van der Waals surface area contributed by atoms with Gasteiger partial charge in [0.2, 0.25) is 0 Å². The molecule has 170 valence electrons. The van der Waals surface area contributed by atoms with Crippen molar-refractivity contribution < 1.29 is 8.97 Å². The van der Waals surface area contributed by atoms with Crippen LogP contribution in [0.3, 0.4) is 0 Å². The fourth-order valence-corrected chi connectivity index (χ4v) is 3.76. The second kappa shape index (κ2) is 13.8. The van der Waals surface area contributed by atoms with Crippen LogP contribution in [-0.4, -0.2) is 50.2 Å². The SMILES string of the molecule is C[N+](C)(CC#CCCCCCCC#CC[N+](C)(C)Cc1ccccc1)Cc1ccccc1. The van der Waals surface area contributed by atoms with E-state index in [1.54, 1.807) is 0 Å². The molecule has 2 aromatic carbocycles. The maximum Gasteiger partial charge on any atom is 0.140 e. The summed E-state index contributed by atoms with van der Waals surface area (Å²) >= 11 is 0. The average Bonchev–Trinajstić information content (AvgIpc) is 2.75. The Morgan fingerprint density at radius 3 is 1.25 bits per heavy atom. The van der Waals surface area contributed by atoms with E-state index in [1.807, 2.05) is 0 Å². The molecule has 0 atom stereocenters. The van der Waals surface area contributed by atoms with Crippen molar-refractivity contribution in [1.82, 2.24) is 0 Å². The summed E-state index contributed by atoms with van der Waals surface area (Å²) in [6, 6.07) is 21.4. The Balaban J connectivity index is 1.51. The molecule has 2 heteroatoms. The molecule has 0 bridgehead atoms. The lowest BCUT2D eigenvalue weighted by molar-refractivity contribution is -0.896. The first kappa shape index (κ1) is 25.7. The zero-order chi connectivity index (χ0) is 23.1. The number of quaternary nitrogens is 2. The largest absolute Gasteiger partial charge is 0.315 e. The number of hydrogen-bond acceptors (Lipinski definition) is 0. The fraction of sp³-hybridized carbons (Fsp3) is 0.467. The van der Waals surface area contributed by atoms with Crippen molar-refractivity contribution in [3.63, 3.8) is 0 Å². The van der Waals surface area contributed by atoms with Crippen molar-refractivity contribution in [1.29, 1.82) is 0 Å². The first-order valence-electron chi connectivity index (χ1n) is 12.0.